The number of morpholine rings is 1. The highest BCUT2D eigenvalue weighted by molar-refractivity contribution is 7.92. The molecule has 0 aromatic rings. The number of hydrogen-bond acceptors (Lipinski definition) is 5. The van der Waals surface area contributed by atoms with Gasteiger partial charge < -0.3 is 14.7 Å². The van der Waals surface area contributed by atoms with Gasteiger partial charge in [0.2, 0.25) is 5.91 Å². The maximum Gasteiger partial charge on any atom is 0.237 e. The van der Waals surface area contributed by atoms with Gasteiger partial charge in [-0.2, -0.15) is 0 Å². The molecular weight excluding hydrogens is 222 g/mol. The molecule has 1 aliphatic heterocycles. The standard InChI is InChI=1S/C8H15NO5S/c10-3-6-15(12,13)7-8(11)9-1-4-14-5-2-9/h10H,1-7H2. The molecule has 1 heterocycles. The topological polar surface area (TPSA) is 83.9 Å². The summed E-state index contributed by atoms with van der Waals surface area (Å²) in [7, 11) is -3.46. The summed E-state index contributed by atoms with van der Waals surface area (Å²) in [6, 6.07) is 0. The van der Waals surface area contributed by atoms with Crippen molar-refractivity contribution >= 4 is 15.7 Å². The molecule has 0 unspecified atom stereocenters. The van der Waals surface area contributed by atoms with E-state index in [0.29, 0.717) is 26.3 Å². The van der Waals surface area contributed by atoms with Crippen LogP contribution in [0.1, 0.15) is 0 Å². The van der Waals surface area contributed by atoms with E-state index in [4.69, 9.17) is 9.84 Å². The molecule has 0 radical (unpaired) electrons. The second-order valence-electron chi connectivity index (χ2n) is 3.31. The number of nitrogens with zero attached hydrogens (tertiary/aromatic N) is 1. The second kappa shape index (κ2) is 5.43. The SMILES string of the molecule is O=C(CS(=O)(=O)CCO)N1CCOCC1. The van der Waals surface area contributed by atoms with E-state index < -0.39 is 28.1 Å². The van der Waals surface area contributed by atoms with E-state index >= 15 is 0 Å². The average Bonchev–Trinajstić information content (AvgIpc) is 2.18. The normalized spacial score (nSPS) is 17.8. The first kappa shape index (κ1) is 12.4. The molecule has 1 rings (SSSR count). The molecule has 0 saturated carbocycles. The molecule has 1 saturated heterocycles. The van der Waals surface area contributed by atoms with Gasteiger partial charge in [0.15, 0.2) is 9.84 Å². The summed E-state index contributed by atoms with van der Waals surface area (Å²) in [5.74, 6) is -1.29. The van der Waals surface area contributed by atoms with Gasteiger partial charge in [-0.05, 0) is 0 Å². The summed E-state index contributed by atoms with van der Waals surface area (Å²) in [4.78, 5) is 13.0. The van der Waals surface area contributed by atoms with Crippen LogP contribution in [0.4, 0.5) is 0 Å². The second-order valence-corrected chi connectivity index (χ2v) is 5.49. The Morgan fingerprint density at radius 2 is 1.93 bits per heavy atom. The maximum atomic E-state index is 11.5. The summed E-state index contributed by atoms with van der Waals surface area (Å²) in [5, 5.41) is 8.50. The van der Waals surface area contributed by atoms with Gasteiger partial charge in [-0.1, -0.05) is 0 Å². The van der Waals surface area contributed by atoms with E-state index in [0.717, 1.165) is 0 Å². The molecule has 0 bridgehead atoms. The maximum absolute atomic E-state index is 11.5. The molecule has 1 amide bonds. The van der Waals surface area contributed by atoms with Gasteiger partial charge in [-0.3, -0.25) is 4.79 Å². The Morgan fingerprint density at radius 1 is 1.33 bits per heavy atom. The number of aliphatic hydroxyl groups is 1. The first-order valence-corrected chi connectivity index (χ1v) is 6.54. The van der Waals surface area contributed by atoms with Crippen molar-refractivity contribution in [3.05, 3.63) is 0 Å². The minimum Gasteiger partial charge on any atom is -0.395 e. The van der Waals surface area contributed by atoms with Crippen LogP contribution in [0.25, 0.3) is 0 Å². The zero-order valence-electron chi connectivity index (χ0n) is 8.39. The van der Waals surface area contributed by atoms with E-state index in [1.54, 1.807) is 0 Å². The molecule has 7 heteroatoms. The number of carbonyl (C=O) groups excluding carboxylic acids is 1. The molecule has 1 N–H and O–H groups in total. The van der Waals surface area contributed by atoms with E-state index in [-0.39, 0.29) is 5.75 Å². The summed E-state index contributed by atoms with van der Waals surface area (Å²) < 4.78 is 27.5. The van der Waals surface area contributed by atoms with E-state index in [1.807, 2.05) is 0 Å². The molecule has 15 heavy (non-hydrogen) atoms. The van der Waals surface area contributed by atoms with Crippen LogP contribution in [-0.4, -0.2) is 68.7 Å². The van der Waals surface area contributed by atoms with Crippen LogP contribution in [0.15, 0.2) is 0 Å². The van der Waals surface area contributed by atoms with Gasteiger partial charge in [0, 0.05) is 13.1 Å². The van der Waals surface area contributed by atoms with Crippen molar-refractivity contribution in [1.29, 1.82) is 0 Å². The van der Waals surface area contributed by atoms with Gasteiger partial charge in [-0.15, -0.1) is 0 Å². The van der Waals surface area contributed by atoms with Crippen molar-refractivity contribution in [3.63, 3.8) is 0 Å². The predicted octanol–water partition coefficient (Wildman–Crippen LogP) is -1.75. The first-order chi connectivity index (χ1) is 7.05. The number of rotatable bonds is 4. The van der Waals surface area contributed by atoms with E-state index in [1.165, 1.54) is 4.90 Å². The molecule has 1 aliphatic rings. The van der Waals surface area contributed by atoms with Crippen molar-refractivity contribution in [3.8, 4) is 0 Å². The molecule has 0 atom stereocenters. The lowest BCUT2D eigenvalue weighted by Gasteiger charge is -2.26. The van der Waals surface area contributed by atoms with Crippen LogP contribution in [-0.2, 0) is 19.4 Å². The highest BCUT2D eigenvalue weighted by atomic mass is 32.2. The predicted molar refractivity (Wildman–Crippen MR) is 53.1 cm³/mol. The lowest BCUT2D eigenvalue weighted by Crippen LogP contribution is -2.43. The summed E-state index contributed by atoms with van der Waals surface area (Å²) in [6.45, 7) is 1.33. The highest BCUT2D eigenvalue weighted by Crippen LogP contribution is 2.00. The highest BCUT2D eigenvalue weighted by Gasteiger charge is 2.22. The van der Waals surface area contributed by atoms with Crippen molar-refractivity contribution in [2.24, 2.45) is 0 Å². The number of ether oxygens (including phenoxy) is 1. The number of amides is 1. The largest absolute Gasteiger partial charge is 0.395 e. The van der Waals surface area contributed by atoms with E-state index in [9.17, 15) is 13.2 Å². The van der Waals surface area contributed by atoms with Crippen LogP contribution < -0.4 is 0 Å². The zero-order valence-corrected chi connectivity index (χ0v) is 9.20. The van der Waals surface area contributed by atoms with Crippen molar-refractivity contribution < 1.29 is 23.1 Å². The monoisotopic (exact) mass is 237 g/mol. The Bertz CT molecular complexity index is 307. The molecule has 0 aromatic heterocycles. The summed E-state index contributed by atoms with van der Waals surface area (Å²) in [6.07, 6.45) is 0. The van der Waals surface area contributed by atoms with Crippen molar-refractivity contribution in [2.45, 2.75) is 0 Å². The van der Waals surface area contributed by atoms with Crippen LogP contribution >= 0.6 is 0 Å². The fraction of sp³-hybridized carbons (Fsp3) is 0.875. The molecule has 1 fully saturated rings. The Kier molecular flexibility index (Phi) is 4.49. The van der Waals surface area contributed by atoms with Gasteiger partial charge in [-0.25, -0.2) is 8.42 Å². The minimum absolute atomic E-state index is 0.358. The molecule has 0 spiro atoms. The van der Waals surface area contributed by atoms with E-state index in [2.05, 4.69) is 0 Å². The van der Waals surface area contributed by atoms with Crippen LogP contribution in [0.3, 0.4) is 0 Å². The third-order valence-corrected chi connectivity index (χ3v) is 3.60. The lowest BCUT2D eigenvalue weighted by atomic mass is 10.4. The number of sulfone groups is 1. The summed E-state index contributed by atoms with van der Waals surface area (Å²) in [5.41, 5.74) is 0. The molecule has 88 valence electrons. The zero-order chi connectivity index (χ0) is 11.3. The Hall–Kier alpha value is -0.660. The Morgan fingerprint density at radius 3 is 2.47 bits per heavy atom. The Labute approximate surface area is 88.7 Å². The third kappa shape index (κ3) is 4.15. The smallest absolute Gasteiger partial charge is 0.237 e. The Balaban J connectivity index is 2.47. The molecule has 0 aromatic carbocycles. The minimum atomic E-state index is -3.46. The first-order valence-electron chi connectivity index (χ1n) is 4.72. The van der Waals surface area contributed by atoms with Gasteiger partial charge in [0.25, 0.3) is 0 Å². The van der Waals surface area contributed by atoms with Crippen LogP contribution in [0.2, 0.25) is 0 Å². The number of hydrogen-bond donors (Lipinski definition) is 1. The lowest BCUT2D eigenvalue weighted by molar-refractivity contribution is -0.132. The van der Waals surface area contributed by atoms with Crippen LogP contribution in [0.5, 0.6) is 0 Å². The number of carbonyl (C=O) groups is 1. The van der Waals surface area contributed by atoms with Crippen LogP contribution in [0, 0.1) is 0 Å². The van der Waals surface area contributed by atoms with Crippen molar-refractivity contribution in [1.82, 2.24) is 4.90 Å². The number of aliphatic hydroxyl groups excluding tert-OH is 1. The molecule has 0 aliphatic carbocycles. The fourth-order valence-electron chi connectivity index (χ4n) is 1.30. The average molecular weight is 237 g/mol. The fourth-order valence-corrected chi connectivity index (χ4v) is 2.28. The van der Waals surface area contributed by atoms with Gasteiger partial charge >= 0.3 is 0 Å². The van der Waals surface area contributed by atoms with Gasteiger partial charge in [0.1, 0.15) is 5.75 Å². The molecular formula is C8H15NO5S. The van der Waals surface area contributed by atoms with Gasteiger partial charge in [0.05, 0.1) is 25.6 Å². The molecule has 6 nitrogen and oxygen atoms in total. The van der Waals surface area contributed by atoms with Crippen molar-refractivity contribution in [2.75, 3.05) is 44.4 Å². The third-order valence-electron chi connectivity index (χ3n) is 2.11. The summed E-state index contributed by atoms with van der Waals surface area (Å²) >= 11 is 0. The quantitative estimate of drug-likeness (QED) is 0.627.